The van der Waals surface area contributed by atoms with Crippen molar-refractivity contribution in [3.8, 4) is 11.8 Å². The molecule has 198 valence electrons. The van der Waals surface area contributed by atoms with Crippen LogP contribution in [-0.2, 0) is 0 Å². The number of benzene rings is 5. The lowest BCUT2D eigenvalue weighted by molar-refractivity contribution is 1.69. The van der Waals surface area contributed by atoms with Crippen LogP contribution < -0.4 is 26.5 Å². The van der Waals surface area contributed by atoms with E-state index in [1.165, 1.54) is 52.0 Å². The van der Waals surface area contributed by atoms with Crippen molar-refractivity contribution in [2.45, 2.75) is 13.8 Å². The van der Waals surface area contributed by atoms with Crippen LogP contribution in [0.15, 0.2) is 151 Å². The van der Waals surface area contributed by atoms with Crippen LogP contribution in [0.4, 0.5) is 0 Å². The second kappa shape index (κ2) is 12.8. The van der Waals surface area contributed by atoms with Gasteiger partial charge in [0.15, 0.2) is 0 Å². The second-order valence-electron chi connectivity index (χ2n) is 9.58. The Kier molecular flexibility index (Phi) is 8.56. The Morgan fingerprint density at radius 3 is 1.66 bits per heavy atom. The zero-order chi connectivity index (χ0) is 28.0. The van der Waals surface area contributed by atoms with E-state index in [9.17, 15) is 0 Å². The summed E-state index contributed by atoms with van der Waals surface area (Å²) in [7, 11) is -1.37. The van der Waals surface area contributed by atoms with E-state index in [0.29, 0.717) is 0 Å². The van der Waals surface area contributed by atoms with Crippen LogP contribution in [0, 0.1) is 11.8 Å². The zero-order valence-electron chi connectivity index (χ0n) is 23.2. The van der Waals surface area contributed by atoms with Crippen LogP contribution in [0.5, 0.6) is 0 Å². The molecule has 0 bridgehead atoms. The Morgan fingerprint density at radius 2 is 1.12 bits per heavy atom. The minimum Gasteiger partial charge on any atom is -0.135 e. The third kappa shape index (κ3) is 5.84. The van der Waals surface area contributed by atoms with Crippen LogP contribution in [-0.4, -0.2) is 0 Å². The summed E-state index contributed by atoms with van der Waals surface area (Å²) in [6.45, 7) is 4.02. The van der Waals surface area contributed by atoms with Crippen molar-refractivity contribution < 1.29 is 0 Å². The number of rotatable bonds is 7. The maximum Gasteiger partial charge on any atom is 0.0355 e. The highest BCUT2D eigenvalue weighted by atomic mass is 32.1. The lowest BCUT2D eigenvalue weighted by Gasteiger charge is -2.20. The predicted octanol–water partition coefficient (Wildman–Crippen LogP) is 8.73. The van der Waals surface area contributed by atoms with E-state index in [1.54, 1.807) is 0 Å². The highest BCUT2D eigenvalue weighted by Crippen LogP contribution is 2.45. The Morgan fingerprint density at radius 1 is 0.610 bits per heavy atom. The van der Waals surface area contributed by atoms with Crippen molar-refractivity contribution in [1.29, 1.82) is 0 Å². The molecular weight excluding hydrogens is 550 g/mol. The van der Waals surface area contributed by atoms with Gasteiger partial charge in [0.05, 0.1) is 0 Å². The molecular formula is C38H30P2S. The highest BCUT2D eigenvalue weighted by Gasteiger charge is 2.20. The van der Waals surface area contributed by atoms with E-state index >= 15 is 0 Å². The van der Waals surface area contributed by atoms with Gasteiger partial charge in [-0.2, -0.15) is 0 Å². The average Bonchev–Trinajstić information content (AvgIpc) is 3.40. The first-order valence-corrected chi connectivity index (χ1v) is 17.2. The Bertz CT molecular complexity index is 1870. The van der Waals surface area contributed by atoms with Crippen LogP contribution in [0.1, 0.15) is 13.8 Å². The summed E-state index contributed by atoms with van der Waals surface area (Å²) in [5, 5.41) is 10.8. The van der Waals surface area contributed by atoms with Crippen molar-refractivity contribution in [3.63, 3.8) is 0 Å². The Balaban J connectivity index is 1.52. The van der Waals surface area contributed by atoms with Crippen molar-refractivity contribution in [2.24, 2.45) is 0 Å². The van der Waals surface area contributed by atoms with E-state index in [-0.39, 0.29) is 0 Å². The first kappa shape index (κ1) is 27.4. The fourth-order valence-electron chi connectivity index (χ4n) is 5.17. The Hall–Kier alpha value is -3.78. The van der Waals surface area contributed by atoms with E-state index in [2.05, 4.69) is 158 Å². The summed E-state index contributed by atoms with van der Waals surface area (Å²) in [5.41, 5.74) is 0. The molecule has 5 aromatic carbocycles. The maximum atomic E-state index is 3.11. The SMILES string of the molecule is CC#C/C=C\C(=C/C)P(c1ccccc1)c1ccc2sc3ccc(P(c4ccccc4)c4ccccc4)cc3c2c1. The molecule has 0 saturated carbocycles. The fraction of sp³-hybridized carbons (Fsp3) is 0.0526. The molecule has 0 saturated heterocycles. The van der Waals surface area contributed by atoms with Crippen molar-refractivity contribution >= 4 is 73.9 Å². The summed E-state index contributed by atoms with van der Waals surface area (Å²) in [4.78, 5) is 0. The summed E-state index contributed by atoms with van der Waals surface area (Å²) < 4.78 is 2.67. The van der Waals surface area contributed by atoms with Gasteiger partial charge in [-0.1, -0.05) is 115 Å². The number of hydrogen-bond donors (Lipinski definition) is 0. The molecule has 6 rings (SSSR count). The largest absolute Gasteiger partial charge is 0.135 e. The average molecular weight is 581 g/mol. The smallest absolute Gasteiger partial charge is 0.0355 e. The van der Waals surface area contributed by atoms with Gasteiger partial charge in [0.1, 0.15) is 0 Å². The Labute approximate surface area is 249 Å². The van der Waals surface area contributed by atoms with Gasteiger partial charge in [0.25, 0.3) is 0 Å². The molecule has 0 aliphatic heterocycles. The standard InChI is InChI=1S/C38H30P2S/c1-3-5-9-16-29(4-2)39(30-17-10-6-11-18-30)33-23-25-37-35(27-33)36-28-34(24-26-38(36)41-37)40(31-19-12-7-13-20-31)32-21-14-8-15-22-32/h4,6-28H,1-2H3/b16-9-,29-4+. The summed E-state index contributed by atoms with van der Waals surface area (Å²) in [6.07, 6.45) is 6.41. The topological polar surface area (TPSA) is 0 Å². The molecule has 6 aromatic rings. The predicted molar refractivity (Wildman–Crippen MR) is 187 cm³/mol. The monoisotopic (exact) mass is 580 g/mol. The van der Waals surface area contributed by atoms with Gasteiger partial charge >= 0.3 is 0 Å². The van der Waals surface area contributed by atoms with Gasteiger partial charge < -0.3 is 0 Å². The van der Waals surface area contributed by atoms with Gasteiger partial charge in [-0.25, -0.2) is 0 Å². The molecule has 0 nitrogen and oxygen atoms in total. The fourth-order valence-corrected chi connectivity index (χ4v) is 10.9. The molecule has 0 amide bonds. The van der Waals surface area contributed by atoms with Crippen LogP contribution in [0.3, 0.4) is 0 Å². The van der Waals surface area contributed by atoms with E-state index < -0.39 is 15.8 Å². The molecule has 0 aliphatic rings. The minimum absolute atomic E-state index is 0.656. The summed E-state index contributed by atoms with van der Waals surface area (Å²) in [6, 6.07) is 47.1. The van der Waals surface area contributed by atoms with Crippen molar-refractivity contribution in [2.75, 3.05) is 0 Å². The minimum atomic E-state index is -0.718. The van der Waals surface area contributed by atoms with Gasteiger partial charge in [-0.3, -0.25) is 0 Å². The van der Waals surface area contributed by atoms with Crippen molar-refractivity contribution in [3.05, 3.63) is 151 Å². The number of hydrogen-bond acceptors (Lipinski definition) is 1. The molecule has 1 aromatic heterocycles. The van der Waals surface area contributed by atoms with Crippen molar-refractivity contribution in [1.82, 2.24) is 0 Å². The molecule has 1 unspecified atom stereocenters. The maximum absolute atomic E-state index is 3.11. The van der Waals surface area contributed by atoms with Crippen LogP contribution in [0.2, 0.25) is 0 Å². The van der Waals surface area contributed by atoms with Crippen LogP contribution >= 0.6 is 27.2 Å². The number of allylic oxidation sites excluding steroid dienone is 4. The molecule has 0 spiro atoms. The quantitative estimate of drug-likeness (QED) is 0.101. The molecule has 3 heteroatoms. The second-order valence-corrected chi connectivity index (χ2v) is 15.1. The number of fused-ring (bicyclic) bond motifs is 3. The number of thiophene rings is 1. The van der Waals surface area contributed by atoms with Gasteiger partial charge in [0, 0.05) is 20.2 Å². The molecule has 0 N–H and O–H groups in total. The first-order chi connectivity index (χ1) is 20.3. The third-order valence-corrected chi connectivity index (χ3v) is 13.1. The summed E-state index contributed by atoms with van der Waals surface area (Å²) >= 11 is 1.89. The van der Waals surface area contributed by atoms with Gasteiger partial charge in [0.2, 0.25) is 0 Å². The molecule has 41 heavy (non-hydrogen) atoms. The van der Waals surface area contributed by atoms with Gasteiger partial charge in [-0.05, 0) is 97.9 Å². The molecule has 1 atom stereocenters. The van der Waals surface area contributed by atoms with E-state index in [0.717, 1.165) is 0 Å². The first-order valence-electron chi connectivity index (χ1n) is 13.7. The van der Waals surface area contributed by atoms with Crippen LogP contribution in [0.25, 0.3) is 20.2 Å². The van der Waals surface area contributed by atoms with Gasteiger partial charge in [-0.15, -0.1) is 17.3 Å². The molecule has 1 heterocycles. The molecule has 0 radical (unpaired) electrons. The lowest BCUT2D eigenvalue weighted by atomic mass is 10.1. The highest BCUT2D eigenvalue weighted by molar-refractivity contribution is 7.79. The summed E-state index contributed by atoms with van der Waals surface area (Å²) in [5.74, 6) is 6.10. The van der Waals surface area contributed by atoms with E-state index in [4.69, 9.17) is 0 Å². The molecule has 0 fully saturated rings. The normalized spacial score (nSPS) is 12.6. The van der Waals surface area contributed by atoms with E-state index in [1.807, 2.05) is 24.3 Å². The zero-order valence-corrected chi connectivity index (χ0v) is 25.8. The lowest BCUT2D eigenvalue weighted by Crippen LogP contribution is -2.20. The molecule has 0 aliphatic carbocycles. The third-order valence-electron chi connectivity index (χ3n) is 7.03.